The highest BCUT2D eigenvalue weighted by Crippen LogP contribution is 2.37. The first kappa shape index (κ1) is 13.6. The van der Waals surface area contributed by atoms with Crippen molar-refractivity contribution in [2.75, 3.05) is 0 Å². The van der Waals surface area contributed by atoms with Gasteiger partial charge in [0.2, 0.25) is 0 Å². The SMILES string of the molecule is O=S(=O)(O)c1c(Cl)cc(C(F)(F)F)cc1Cl. The maximum atomic E-state index is 12.2. The zero-order valence-electron chi connectivity index (χ0n) is 7.22. The Kier molecular flexibility index (Phi) is 3.45. The first-order valence-corrected chi connectivity index (χ1v) is 5.77. The Labute approximate surface area is 98.5 Å². The molecule has 0 aliphatic carbocycles. The van der Waals surface area contributed by atoms with Crippen LogP contribution in [-0.4, -0.2) is 13.0 Å². The molecule has 0 amide bonds. The van der Waals surface area contributed by atoms with E-state index in [0.29, 0.717) is 12.1 Å². The molecule has 0 saturated carbocycles. The van der Waals surface area contributed by atoms with Crippen molar-refractivity contribution in [2.24, 2.45) is 0 Å². The van der Waals surface area contributed by atoms with Crippen molar-refractivity contribution in [1.82, 2.24) is 0 Å². The number of halogens is 5. The van der Waals surface area contributed by atoms with E-state index in [-0.39, 0.29) is 0 Å². The van der Waals surface area contributed by atoms with Crippen molar-refractivity contribution in [2.45, 2.75) is 11.1 Å². The minimum absolute atomic E-state index is 0.372. The molecule has 16 heavy (non-hydrogen) atoms. The van der Waals surface area contributed by atoms with Gasteiger partial charge in [-0.25, -0.2) is 0 Å². The largest absolute Gasteiger partial charge is 0.416 e. The lowest BCUT2D eigenvalue weighted by Crippen LogP contribution is -2.07. The summed E-state index contributed by atoms with van der Waals surface area (Å²) in [4.78, 5) is -0.941. The van der Waals surface area contributed by atoms with Gasteiger partial charge < -0.3 is 0 Å². The van der Waals surface area contributed by atoms with Crippen LogP contribution in [0.4, 0.5) is 13.2 Å². The number of hydrogen-bond donors (Lipinski definition) is 1. The van der Waals surface area contributed by atoms with E-state index in [2.05, 4.69) is 0 Å². The zero-order valence-corrected chi connectivity index (χ0v) is 9.54. The van der Waals surface area contributed by atoms with Crippen LogP contribution < -0.4 is 0 Å². The van der Waals surface area contributed by atoms with Gasteiger partial charge in [0.25, 0.3) is 10.1 Å². The molecule has 0 atom stereocenters. The zero-order chi connectivity index (χ0) is 12.7. The van der Waals surface area contributed by atoms with Crippen LogP contribution in [0, 0.1) is 0 Å². The Morgan fingerprint density at radius 3 is 1.75 bits per heavy atom. The normalized spacial score (nSPS) is 12.9. The van der Waals surface area contributed by atoms with E-state index < -0.39 is 36.8 Å². The highest BCUT2D eigenvalue weighted by Gasteiger charge is 2.33. The van der Waals surface area contributed by atoms with Gasteiger partial charge in [0, 0.05) is 0 Å². The van der Waals surface area contributed by atoms with E-state index in [1.165, 1.54) is 0 Å². The van der Waals surface area contributed by atoms with E-state index in [1.54, 1.807) is 0 Å². The summed E-state index contributed by atoms with van der Waals surface area (Å²) in [6.07, 6.45) is -4.70. The fourth-order valence-electron chi connectivity index (χ4n) is 0.970. The van der Waals surface area contributed by atoms with Gasteiger partial charge in [0.1, 0.15) is 4.90 Å². The lowest BCUT2D eigenvalue weighted by atomic mass is 10.2. The third-order valence-corrected chi connectivity index (χ3v) is 3.36. The second-order valence-electron chi connectivity index (χ2n) is 2.74. The Bertz CT molecular complexity index is 501. The lowest BCUT2D eigenvalue weighted by Gasteiger charge is -2.10. The van der Waals surface area contributed by atoms with Gasteiger partial charge in [-0.3, -0.25) is 4.55 Å². The van der Waals surface area contributed by atoms with Crippen LogP contribution in [0.25, 0.3) is 0 Å². The molecule has 0 fully saturated rings. The average molecular weight is 295 g/mol. The molecule has 1 aromatic rings. The summed E-state index contributed by atoms with van der Waals surface area (Å²) in [5.41, 5.74) is -1.20. The van der Waals surface area contributed by atoms with Crippen LogP contribution in [0.2, 0.25) is 10.0 Å². The fourth-order valence-corrected chi connectivity index (χ4v) is 2.65. The molecular formula is C7H3Cl2F3O3S. The first-order chi connectivity index (χ1) is 7.03. The highest BCUT2D eigenvalue weighted by molar-refractivity contribution is 7.86. The molecule has 1 aromatic carbocycles. The van der Waals surface area contributed by atoms with E-state index in [4.69, 9.17) is 27.8 Å². The Balaban J connectivity index is 3.53. The molecular weight excluding hydrogens is 292 g/mol. The standard InChI is InChI=1S/C7H3Cl2F3O3S/c8-4-1-3(7(10,11)12)2-5(9)6(4)16(13,14)15/h1-2H,(H,13,14,15). The molecule has 9 heteroatoms. The van der Waals surface area contributed by atoms with Crippen molar-refractivity contribution >= 4 is 33.3 Å². The molecule has 0 aliphatic heterocycles. The van der Waals surface area contributed by atoms with Crippen molar-refractivity contribution in [3.63, 3.8) is 0 Å². The van der Waals surface area contributed by atoms with E-state index in [0.717, 1.165) is 0 Å². The molecule has 0 aromatic heterocycles. The summed E-state index contributed by atoms with van der Waals surface area (Å²) in [6, 6.07) is 0.743. The number of benzene rings is 1. The van der Waals surface area contributed by atoms with Crippen LogP contribution in [0.1, 0.15) is 5.56 Å². The monoisotopic (exact) mass is 294 g/mol. The van der Waals surface area contributed by atoms with Gasteiger partial charge in [0.05, 0.1) is 15.6 Å². The summed E-state index contributed by atoms with van der Waals surface area (Å²) in [5, 5.41) is -1.58. The summed E-state index contributed by atoms with van der Waals surface area (Å²) >= 11 is 10.6. The first-order valence-electron chi connectivity index (χ1n) is 3.57. The maximum Gasteiger partial charge on any atom is 0.416 e. The molecule has 0 heterocycles. The molecule has 0 radical (unpaired) electrons. The third-order valence-electron chi connectivity index (χ3n) is 1.58. The lowest BCUT2D eigenvalue weighted by molar-refractivity contribution is -0.137. The van der Waals surface area contributed by atoms with Gasteiger partial charge in [0.15, 0.2) is 0 Å². The minimum Gasteiger partial charge on any atom is -0.282 e. The second kappa shape index (κ2) is 4.06. The van der Waals surface area contributed by atoms with E-state index >= 15 is 0 Å². The Hall–Kier alpha value is -0.500. The highest BCUT2D eigenvalue weighted by atomic mass is 35.5. The van der Waals surface area contributed by atoms with Crippen molar-refractivity contribution in [1.29, 1.82) is 0 Å². The quantitative estimate of drug-likeness (QED) is 0.809. The Morgan fingerprint density at radius 1 is 1.12 bits per heavy atom. The van der Waals surface area contributed by atoms with E-state index in [1.807, 2.05) is 0 Å². The smallest absolute Gasteiger partial charge is 0.282 e. The van der Waals surface area contributed by atoms with Gasteiger partial charge >= 0.3 is 6.18 Å². The number of alkyl halides is 3. The predicted molar refractivity (Wildman–Crippen MR) is 51.3 cm³/mol. The summed E-state index contributed by atoms with van der Waals surface area (Å²) < 4.78 is 66.9. The second-order valence-corrected chi connectivity index (χ2v) is 4.91. The van der Waals surface area contributed by atoms with Crippen molar-refractivity contribution in [3.05, 3.63) is 27.7 Å². The number of rotatable bonds is 1. The van der Waals surface area contributed by atoms with Crippen LogP contribution in [0.15, 0.2) is 17.0 Å². The fraction of sp³-hybridized carbons (Fsp3) is 0.143. The van der Waals surface area contributed by atoms with Crippen LogP contribution in [-0.2, 0) is 16.3 Å². The van der Waals surface area contributed by atoms with Crippen LogP contribution >= 0.6 is 23.2 Å². The van der Waals surface area contributed by atoms with Crippen molar-refractivity contribution in [3.8, 4) is 0 Å². The molecule has 1 rings (SSSR count). The Morgan fingerprint density at radius 2 is 1.50 bits per heavy atom. The molecule has 0 spiro atoms. The van der Waals surface area contributed by atoms with Gasteiger partial charge in [-0.2, -0.15) is 21.6 Å². The van der Waals surface area contributed by atoms with Crippen molar-refractivity contribution < 1.29 is 26.1 Å². The predicted octanol–water partition coefficient (Wildman–Crippen LogP) is 3.26. The average Bonchev–Trinajstić information content (AvgIpc) is 1.97. The van der Waals surface area contributed by atoms with Gasteiger partial charge in [-0.15, -0.1) is 0 Å². The third kappa shape index (κ3) is 2.79. The van der Waals surface area contributed by atoms with Gasteiger partial charge in [-0.05, 0) is 12.1 Å². The molecule has 1 N–H and O–H groups in total. The number of hydrogen-bond acceptors (Lipinski definition) is 2. The molecule has 0 saturated heterocycles. The molecule has 0 unspecified atom stereocenters. The van der Waals surface area contributed by atoms with Crippen LogP contribution in [0.3, 0.4) is 0 Å². The van der Waals surface area contributed by atoms with E-state index in [9.17, 15) is 21.6 Å². The maximum absolute atomic E-state index is 12.2. The molecule has 3 nitrogen and oxygen atoms in total. The molecule has 0 bridgehead atoms. The van der Waals surface area contributed by atoms with Crippen LogP contribution in [0.5, 0.6) is 0 Å². The summed E-state index contributed by atoms with van der Waals surface area (Å²) in [5.74, 6) is 0. The minimum atomic E-state index is -4.76. The summed E-state index contributed by atoms with van der Waals surface area (Å²) in [7, 11) is -4.76. The summed E-state index contributed by atoms with van der Waals surface area (Å²) in [6.45, 7) is 0. The molecule has 0 aliphatic rings. The topological polar surface area (TPSA) is 54.4 Å². The van der Waals surface area contributed by atoms with Gasteiger partial charge in [-0.1, -0.05) is 23.2 Å². The molecule has 90 valence electrons.